The number of nitrogens with zero attached hydrogens (tertiary/aromatic N) is 1. The fourth-order valence-corrected chi connectivity index (χ4v) is 3.52. The van der Waals surface area contributed by atoms with Crippen LogP contribution in [0.3, 0.4) is 0 Å². The number of sulfonamides is 1. The number of nitrogens with one attached hydrogen (secondary N) is 2. The molecule has 0 radical (unpaired) electrons. The smallest absolute Gasteiger partial charge is 0.347 e. The molecule has 11 heteroatoms. The van der Waals surface area contributed by atoms with Crippen LogP contribution in [-0.4, -0.2) is 55.4 Å². The first-order valence-electron chi connectivity index (χ1n) is 7.60. The summed E-state index contributed by atoms with van der Waals surface area (Å²) in [6, 6.07) is -0.530. The summed E-state index contributed by atoms with van der Waals surface area (Å²) in [6.45, 7) is 6.44. The van der Waals surface area contributed by atoms with Gasteiger partial charge in [0.25, 0.3) is 0 Å². The summed E-state index contributed by atoms with van der Waals surface area (Å²) >= 11 is 0.975. The third-order valence-corrected chi connectivity index (χ3v) is 5.63. The molecule has 1 aromatic heterocycles. The second-order valence-electron chi connectivity index (χ2n) is 5.62. The van der Waals surface area contributed by atoms with E-state index in [1.54, 1.807) is 27.7 Å². The summed E-state index contributed by atoms with van der Waals surface area (Å²) in [5, 5.41) is 12.0. The van der Waals surface area contributed by atoms with Gasteiger partial charge in [-0.05, 0) is 27.7 Å². The molecular weight excluding hydrogens is 370 g/mol. The van der Waals surface area contributed by atoms with Gasteiger partial charge in [0, 0.05) is 0 Å². The van der Waals surface area contributed by atoms with Crippen LogP contribution >= 0.6 is 11.3 Å². The number of hydrogen-bond acceptors (Lipinski definition) is 7. The van der Waals surface area contributed by atoms with E-state index in [4.69, 9.17) is 9.84 Å². The molecule has 1 heterocycles. The first kappa shape index (κ1) is 21.5. The van der Waals surface area contributed by atoms with Crippen LogP contribution in [0.25, 0.3) is 0 Å². The van der Waals surface area contributed by atoms with Gasteiger partial charge in [-0.15, -0.1) is 11.3 Å². The van der Waals surface area contributed by atoms with Crippen LogP contribution in [0, 0.1) is 6.92 Å². The van der Waals surface area contributed by atoms with Crippen LogP contribution in [0.4, 0.5) is 0 Å². The molecule has 0 fully saturated rings. The molecule has 0 saturated carbocycles. The highest BCUT2D eigenvalue weighted by Crippen LogP contribution is 2.23. The molecule has 1 unspecified atom stereocenters. The van der Waals surface area contributed by atoms with Crippen LogP contribution in [0.15, 0.2) is 0 Å². The Hall–Kier alpha value is -1.56. The van der Waals surface area contributed by atoms with Gasteiger partial charge < -0.3 is 15.2 Å². The molecule has 1 atom stereocenters. The van der Waals surface area contributed by atoms with Gasteiger partial charge >= 0.3 is 5.97 Å². The maximum absolute atomic E-state index is 11.9. The Balaban J connectivity index is 2.50. The van der Waals surface area contributed by atoms with Crippen molar-refractivity contribution in [1.82, 2.24) is 15.0 Å². The van der Waals surface area contributed by atoms with Crippen molar-refractivity contribution in [1.29, 1.82) is 0 Å². The van der Waals surface area contributed by atoms with Crippen molar-refractivity contribution in [2.75, 3.05) is 18.9 Å². The highest BCUT2D eigenvalue weighted by Gasteiger charge is 2.20. The molecule has 0 saturated heterocycles. The lowest BCUT2D eigenvalue weighted by molar-refractivity contribution is -0.120. The first-order valence-corrected chi connectivity index (χ1v) is 10.1. The Kier molecular flexibility index (Phi) is 7.93. The van der Waals surface area contributed by atoms with E-state index < -0.39 is 34.5 Å². The average molecular weight is 393 g/mol. The zero-order valence-corrected chi connectivity index (χ0v) is 16.2. The van der Waals surface area contributed by atoms with Crippen molar-refractivity contribution in [2.24, 2.45) is 0 Å². The quantitative estimate of drug-likeness (QED) is 0.532. The summed E-state index contributed by atoms with van der Waals surface area (Å²) in [4.78, 5) is 27.1. The van der Waals surface area contributed by atoms with E-state index in [1.165, 1.54) is 0 Å². The lowest BCUT2D eigenvalue weighted by Gasteiger charge is -2.12. The van der Waals surface area contributed by atoms with Crippen molar-refractivity contribution in [3.63, 3.8) is 0 Å². The van der Waals surface area contributed by atoms with Gasteiger partial charge in [-0.3, -0.25) is 4.79 Å². The van der Waals surface area contributed by atoms with Gasteiger partial charge in [0.05, 0.1) is 36.7 Å². The summed E-state index contributed by atoms with van der Waals surface area (Å²) in [5.74, 6) is -1.84. The van der Waals surface area contributed by atoms with Crippen LogP contribution in [0.2, 0.25) is 0 Å². The maximum atomic E-state index is 11.9. The van der Waals surface area contributed by atoms with Crippen LogP contribution in [0.1, 0.15) is 47.2 Å². The SMILES string of the molecule is Cc1nc(C(C)NC(=O)CNS(=O)(=O)CCOC(C)C)sc1C(=O)O. The molecule has 0 spiro atoms. The highest BCUT2D eigenvalue weighted by atomic mass is 32.2. The van der Waals surface area contributed by atoms with Gasteiger partial charge in [-0.2, -0.15) is 0 Å². The highest BCUT2D eigenvalue weighted by molar-refractivity contribution is 7.89. The minimum Gasteiger partial charge on any atom is -0.477 e. The number of aromatic nitrogens is 1. The number of aromatic carboxylic acids is 1. The summed E-state index contributed by atoms with van der Waals surface area (Å²) < 4.78 is 30.9. The number of aryl methyl sites for hydroxylation is 1. The Morgan fingerprint density at radius 2 is 1.96 bits per heavy atom. The van der Waals surface area contributed by atoms with Crippen molar-refractivity contribution < 1.29 is 27.9 Å². The van der Waals surface area contributed by atoms with Gasteiger partial charge in [0.2, 0.25) is 15.9 Å². The number of ether oxygens (including phenoxy) is 1. The first-order chi connectivity index (χ1) is 11.5. The summed E-state index contributed by atoms with van der Waals surface area (Å²) in [6.07, 6.45) is -0.0724. The predicted molar refractivity (Wildman–Crippen MR) is 93.2 cm³/mol. The number of carboxylic acids is 1. The number of thiazole rings is 1. The zero-order chi connectivity index (χ0) is 19.2. The van der Waals surface area contributed by atoms with Gasteiger partial charge in [-0.1, -0.05) is 0 Å². The van der Waals surface area contributed by atoms with Gasteiger partial charge in [-0.25, -0.2) is 22.9 Å². The molecule has 1 rings (SSSR count). The molecule has 1 amide bonds. The van der Waals surface area contributed by atoms with Crippen LogP contribution < -0.4 is 10.0 Å². The van der Waals surface area contributed by atoms with E-state index in [2.05, 4.69) is 15.0 Å². The molecule has 0 aliphatic rings. The van der Waals surface area contributed by atoms with E-state index in [9.17, 15) is 18.0 Å². The second-order valence-corrected chi connectivity index (χ2v) is 8.58. The number of amides is 1. The van der Waals surface area contributed by atoms with Crippen molar-refractivity contribution in [3.8, 4) is 0 Å². The van der Waals surface area contributed by atoms with E-state index >= 15 is 0 Å². The molecule has 1 aromatic rings. The molecule has 3 N–H and O–H groups in total. The third kappa shape index (κ3) is 7.46. The molecule has 0 bridgehead atoms. The lowest BCUT2D eigenvalue weighted by atomic mass is 10.3. The number of carboxylic acid groups (broad SMARTS) is 1. The molecule has 0 aliphatic heterocycles. The number of hydrogen-bond donors (Lipinski definition) is 3. The largest absolute Gasteiger partial charge is 0.477 e. The van der Waals surface area contributed by atoms with Crippen molar-refractivity contribution >= 4 is 33.2 Å². The fourth-order valence-electron chi connectivity index (χ4n) is 1.80. The van der Waals surface area contributed by atoms with Crippen LogP contribution in [0.5, 0.6) is 0 Å². The molecule has 0 aromatic carbocycles. The Morgan fingerprint density at radius 1 is 1.32 bits per heavy atom. The Labute approximate surface area is 150 Å². The Bertz CT molecular complexity index is 714. The average Bonchev–Trinajstić information content (AvgIpc) is 2.87. The maximum Gasteiger partial charge on any atom is 0.347 e. The third-order valence-electron chi connectivity index (χ3n) is 3.01. The zero-order valence-electron chi connectivity index (χ0n) is 14.5. The van der Waals surface area contributed by atoms with Gasteiger partial charge in [0.1, 0.15) is 9.88 Å². The van der Waals surface area contributed by atoms with E-state index in [1.807, 2.05) is 0 Å². The predicted octanol–water partition coefficient (Wildman–Crippen LogP) is 0.671. The standard InChI is InChI=1S/C14H23N3O6S2/c1-8(2)23-5-6-25(21,22)15-7-11(18)16-10(4)13-17-9(3)12(24-13)14(19)20/h8,10,15H,5-7H2,1-4H3,(H,16,18)(H,19,20). The molecule has 9 nitrogen and oxygen atoms in total. The monoisotopic (exact) mass is 393 g/mol. The topological polar surface area (TPSA) is 135 Å². The minimum atomic E-state index is -3.61. The fraction of sp³-hybridized carbons (Fsp3) is 0.643. The number of carbonyl (C=O) groups excluding carboxylic acids is 1. The van der Waals surface area contributed by atoms with E-state index in [0.29, 0.717) is 10.7 Å². The number of carbonyl (C=O) groups is 2. The summed E-state index contributed by atoms with van der Waals surface area (Å²) in [7, 11) is -3.61. The normalized spacial score (nSPS) is 13.0. The molecule has 0 aliphatic carbocycles. The lowest BCUT2D eigenvalue weighted by Crippen LogP contribution is -2.39. The molecule has 25 heavy (non-hydrogen) atoms. The minimum absolute atomic E-state index is 0.0430. The van der Waals surface area contributed by atoms with Gasteiger partial charge in [0.15, 0.2) is 0 Å². The number of rotatable bonds is 10. The second kappa shape index (κ2) is 9.22. The van der Waals surface area contributed by atoms with E-state index in [0.717, 1.165) is 11.3 Å². The van der Waals surface area contributed by atoms with Crippen LogP contribution in [-0.2, 0) is 19.6 Å². The Morgan fingerprint density at radius 3 is 2.48 bits per heavy atom. The van der Waals surface area contributed by atoms with Crippen molar-refractivity contribution in [2.45, 2.75) is 39.8 Å². The van der Waals surface area contributed by atoms with E-state index in [-0.39, 0.29) is 23.3 Å². The molecule has 142 valence electrons. The van der Waals surface area contributed by atoms with Crippen molar-refractivity contribution in [3.05, 3.63) is 15.6 Å². The molecular formula is C14H23N3O6S2. The summed E-state index contributed by atoms with van der Waals surface area (Å²) in [5.41, 5.74) is 0.374.